The third-order valence-corrected chi connectivity index (χ3v) is 3.68. The molecule has 0 unspecified atom stereocenters. The predicted molar refractivity (Wildman–Crippen MR) is 77.9 cm³/mol. The maximum atomic E-state index is 12.1. The van der Waals surface area contributed by atoms with Crippen LogP contribution in [0.3, 0.4) is 0 Å². The molecule has 1 amide bonds. The minimum atomic E-state index is 0.244. The van der Waals surface area contributed by atoms with Crippen molar-refractivity contribution >= 4 is 5.91 Å². The van der Waals surface area contributed by atoms with E-state index in [0.29, 0.717) is 6.54 Å². The number of hydrogen-bond acceptors (Lipinski definition) is 2. The SMILES string of the molecule is Cc1ccc(CNCC(=O)N2CCCCCC2)cc1. The Morgan fingerprint density at radius 1 is 1.11 bits per heavy atom. The minimum absolute atomic E-state index is 0.244. The number of carbonyl (C=O) groups excluding carboxylic acids is 1. The molecule has 0 saturated carbocycles. The van der Waals surface area contributed by atoms with E-state index in [4.69, 9.17) is 0 Å². The average molecular weight is 260 g/mol. The number of nitrogens with one attached hydrogen (secondary N) is 1. The van der Waals surface area contributed by atoms with Gasteiger partial charge in [-0.15, -0.1) is 0 Å². The third kappa shape index (κ3) is 4.67. The number of rotatable bonds is 4. The van der Waals surface area contributed by atoms with Gasteiger partial charge in [-0.05, 0) is 25.3 Å². The predicted octanol–water partition coefficient (Wildman–Crippen LogP) is 2.49. The van der Waals surface area contributed by atoms with Gasteiger partial charge < -0.3 is 10.2 Å². The van der Waals surface area contributed by atoms with Gasteiger partial charge in [0.1, 0.15) is 0 Å². The molecule has 0 spiro atoms. The van der Waals surface area contributed by atoms with Gasteiger partial charge in [0, 0.05) is 19.6 Å². The molecule has 0 aromatic heterocycles. The molecule has 1 heterocycles. The van der Waals surface area contributed by atoms with Gasteiger partial charge in [0.2, 0.25) is 5.91 Å². The third-order valence-electron chi connectivity index (χ3n) is 3.68. The Labute approximate surface area is 116 Å². The van der Waals surface area contributed by atoms with Gasteiger partial charge >= 0.3 is 0 Å². The maximum absolute atomic E-state index is 12.1. The van der Waals surface area contributed by atoms with Gasteiger partial charge in [0.05, 0.1) is 6.54 Å². The van der Waals surface area contributed by atoms with Crippen molar-refractivity contribution in [2.45, 2.75) is 39.2 Å². The lowest BCUT2D eigenvalue weighted by molar-refractivity contribution is -0.130. The fraction of sp³-hybridized carbons (Fsp3) is 0.562. The Balaban J connectivity index is 1.72. The Morgan fingerprint density at radius 2 is 1.74 bits per heavy atom. The van der Waals surface area contributed by atoms with Crippen LogP contribution in [0.4, 0.5) is 0 Å². The van der Waals surface area contributed by atoms with Gasteiger partial charge in [-0.25, -0.2) is 0 Å². The molecule has 1 fully saturated rings. The highest BCUT2D eigenvalue weighted by Crippen LogP contribution is 2.09. The van der Waals surface area contributed by atoms with Crippen molar-refractivity contribution in [3.05, 3.63) is 35.4 Å². The summed E-state index contributed by atoms with van der Waals surface area (Å²) in [4.78, 5) is 14.1. The second-order valence-corrected chi connectivity index (χ2v) is 5.38. The van der Waals surface area contributed by atoms with E-state index < -0.39 is 0 Å². The molecule has 1 aromatic rings. The molecule has 19 heavy (non-hydrogen) atoms. The number of likely N-dealkylation sites (tertiary alicyclic amines) is 1. The smallest absolute Gasteiger partial charge is 0.236 e. The second kappa shape index (κ2) is 7.29. The number of carbonyl (C=O) groups is 1. The number of amides is 1. The highest BCUT2D eigenvalue weighted by molar-refractivity contribution is 5.78. The van der Waals surface area contributed by atoms with Crippen molar-refractivity contribution in [2.24, 2.45) is 0 Å². The van der Waals surface area contributed by atoms with Gasteiger partial charge in [-0.1, -0.05) is 42.7 Å². The number of aryl methyl sites for hydroxylation is 1. The van der Waals surface area contributed by atoms with Crippen molar-refractivity contribution in [3.8, 4) is 0 Å². The molecule has 1 aliphatic heterocycles. The summed E-state index contributed by atoms with van der Waals surface area (Å²) in [5.74, 6) is 0.244. The van der Waals surface area contributed by atoms with Crippen molar-refractivity contribution in [2.75, 3.05) is 19.6 Å². The van der Waals surface area contributed by atoms with E-state index in [1.165, 1.54) is 24.0 Å². The molecule has 1 N–H and O–H groups in total. The summed E-state index contributed by atoms with van der Waals surface area (Å²) in [6.45, 7) is 5.17. The average Bonchev–Trinajstić information content (AvgIpc) is 2.70. The topological polar surface area (TPSA) is 32.3 Å². The van der Waals surface area contributed by atoms with Crippen LogP contribution in [0.15, 0.2) is 24.3 Å². The molecule has 1 saturated heterocycles. The monoisotopic (exact) mass is 260 g/mol. The lowest BCUT2D eigenvalue weighted by Gasteiger charge is -2.20. The fourth-order valence-corrected chi connectivity index (χ4v) is 2.45. The van der Waals surface area contributed by atoms with E-state index in [0.717, 1.165) is 32.5 Å². The van der Waals surface area contributed by atoms with E-state index in [1.54, 1.807) is 0 Å². The van der Waals surface area contributed by atoms with E-state index in [1.807, 2.05) is 4.90 Å². The molecule has 1 aliphatic rings. The second-order valence-electron chi connectivity index (χ2n) is 5.38. The van der Waals surface area contributed by atoms with Crippen LogP contribution < -0.4 is 5.32 Å². The maximum Gasteiger partial charge on any atom is 0.236 e. The van der Waals surface area contributed by atoms with Gasteiger partial charge in [0.25, 0.3) is 0 Å². The highest BCUT2D eigenvalue weighted by atomic mass is 16.2. The molecular weight excluding hydrogens is 236 g/mol. The molecule has 104 valence electrons. The van der Waals surface area contributed by atoms with Crippen LogP contribution >= 0.6 is 0 Å². The molecule has 2 rings (SSSR count). The van der Waals surface area contributed by atoms with E-state index in [-0.39, 0.29) is 5.91 Å². The Bertz CT molecular complexity index is 392. The molecular formula is C16H24N2O. The number of hydrogen-bond donors (Lipinski definition) is 1. The Kier molecular flexibility index (Phi) is 5.40. The van der Waals surface area contributed by atoms with Gasteiger partial charge in [-0.3, -0.25) is 4.79 Å². The Morgan fingerprint density at radius 3 is 2.37 bits per heavy atom. The summed E-state index contributed by atoms with van der Waals surface area (Å²) in [6, 6.07) is 8.43. The fourth-order valence-electron chi connectivity index (χ4n) is 2.45. The first-order chi connectivity index (χ1) is 9.25. The van der Waals surface area contributed by atoms with Crippen LogP contribution in [0.25, 0.3) is 0 Å². The van der Waals surface area contributed by atoms with Crippen LogP contribution in [0.5, 0.6) is 0 Å². The van der Waals surface area contributed by atoms with Crippen LogP contribution in [0.1, 0.15) is 36.8 Å². The lowest BCUT2D eigenvalue weighted by atomic mass is 10.1. The summed E-state index contributed by atoms with van der Waals surface area (Å²) in [5, 5.41) is 3.25. The summed E-state index contributed by atoms with van der Waals surface area (Å²) in [6.07, 6.45) is 4.84. The van der Waals surface area contributed by atoms with Gasteiger partial charge in [-0.2, -0.15) is 0 Å². The largest absolute Gasteiger partial charge is 0.342 e. The van der Waals surface area contributed by atoms with Crippen LogP contribution in [-0.4, -0.2) is 30.4 Å². The van der Waals surface area contributed by atoms with Crippen molar-refractivity contribution in [1.29, 1.82) is 0 Å². The molecule has 3 nitrogen and oxygen atoms in total. The standard InChI is InChI=1S/C16H24N2O/c1-14-6-8-15(9-7-14)12-17-13-16(19)18-10-4-2-3-5-11-18/h6-9,17H,2-5,10-13H2,1H3. The summed E-state index contributed by atoms with van der Waals surface area (Å²) in [5.41, 5.74) is 2.50. The van der Waals surface area contributed by atoms with E-state index in [2.05, 4.69) is 36.5 Å². The minimum Gasteiger partial charge on any atom is -0.342 e. The molecule has 0 bridgehead atoms. The highest BCUT2D eigenvalue weighted by Gasteiger charge is 2.14. The number of benzene rings is 1. The first kappa shape index (κ1) is 14.1. The van der Waals surface area contributed by atoms with Crippen molar-refractivity contribution in [1.82, 2.24) is 10.2 Å². The van der Waals surface area contributed by atoms with E-state index >= 15 is 0 Å². The van der Waals surface area contributed by atoms with Crippen LogP contribution in [-0.2, 0) is 11.3 Å². The zero-order valence-electron chi connectivity index (χ0n) is 11.8. The van der Waals surface area contributed by atoms with Crippen molar-refractivity contribution < 1.29 is 4.79 Å². The van der Waals surface area contributed by atoms with Crippen molar-refractivity contribution in [3.63, 3.8) is 0 Å². The molecule has 0 aliphatic carbocycles. The molecule has 0 atom stereocenters. The quantitative estimate of drug-likeness (QED) is 0.902. The lowest BCUT2D eigenvalue weighted by Crippen LogP contribution is -2.38. The molecule has 1 aromatic carbocycles. The van der Waals surface area contributed by atoms with Gasteiger partial charge in [0.15, 0.2) is 0 Å². The molecule has 3 heteroatoms. The Hall–Kier alpha value is -1.35. The van der Waals surface area contributed by atoms with Crippen LogP contribution in [0.2, 0.25) is 0 Å². The summed E-state index contributed by atoms with van der Waals surface area (Å²) >= 11 is 0. The zero-order valence-corrected chi connectivity index (χ0v) is 11.8. The summed E-state index contributed by atoms with van der Waals surface area (Å²) < 4.78 is 0. The zero-order chi connectivity index (χ0) is 13.5. The van der Waals surface area contributed by atoms with Crippen LogP contribution in [0, 0.1) is 6.92 Å². The normalized spacial score (nSPS) is 16.2. The number of nitrogens with zero attached hydrogens (tertiary/aromatic N) is 1. The molecule has 0 radical (unpaired) electrons. The first-order valence-corrected chi connectivity index (χ1v) is 7.30. The van der Waals surface area contributed by atoms with E-state index in [9.17, 15) is 4.79 Å². The first-order valence-electron chi connectivity index (χ1n) is 7.30. The summed E-state index contributed by atoms with van der Waals surface area (Å²) in [7, 11) is 0.